The molecule has 0 atom stereocenters. The number of halogens is 2. The van der Waals surface area contributed by atoms with E-state index in [4.69, 9.17) is 23.2 Å². The molecule has 3 heterocycles. The molecule has 0 unspecified atom stereocenters. The molecule has 9 heteroatoms. The Morgan fingerprint density at radius 3 is 2.59 bits per heavy atom. The Morgan fingerprint density at radius 1 is 1.03 bits per heavy atom. The van der Waals surface area contributed by atoms with Crippen molar-refractivity contribution in [2.75, 3.05) is 5.32 Å². The van der Waals surface area contributed by atoms with Gasteiger partial charge < -0.3 is 5.32 Å². The lowest BCUT2D eigenvalue weighted by atomic mass is 10.1. The number of aryl methyl sites for hydroxylation is 2. The van der Waals surface area contributed by atoms with E-state index in [0.29, 0.717) is 33.6 Å². The predicted molar refractivity (Wildman–Crippen MR) is 134 cm³/mol. The van der Waals surface area contributed by atoms with Crippen LogP contribution < -0.4 is 5.32 Å². The van der Waals surface area contributed by atoms with Crippen molar-refractivity contribution >= 4 is 40.6 Å². The molecule has 34 heavy (non-hydrogen) atoms. The average Bonchev–Trinajstić information content (AvgIpc) is 3.39. The van der Waals surface area contributed by atoms with Gasteiger partial charge in [-0.3, -0.25) is 9.48 Å². The molecule has 5 rings (SSSR count). The van der Waals surface area contributed by atoms with Gasteiger partial charge in [-0.2, -0.15) is 10.2 Å². The van der Waals surface area contributed by atoms with Gasteiger partial charge in [-0.1, -0.05) is 59.1 Å². The molecule has 0 saturated heterocycles. The molecule has 5 aromatic rings. The number of amides is 1. The minimum absolute atomic E-state index is 0.335. The second kappa shape index (κ2) is 8.93. The van der Waals surface area contributed by atoms with Crippen molar-refractivity contribution < 1.29 is 4.79 Å². The maximum atomic E-state index is 13.1. The fraction of sp³-hybridized carbons (Fsp3) is 0.120. The predicted octanol–water partition coefficient (Wildman–Crippen LogP) is 5.82. The second-order valence-corrected chi connectivity index (χ2v) is 8.85. The molecule has 1 amide bonds. The maximum absolute atomic E-state index is 13.1. The molecule has 0 aliphatic carbocycles. The number of nitrogens with zero attached hydrogens (tertiary/aromatic N) is 5. The largest absolute Gasteiger partial charge is 0.305 e. The molecular formula is C25H20Cl2N6O. The number of fused-ring (bicyclic) bond motifs is 1. The highest BCUT2D eigenvalue weighted by Gasteiger charge is 2.18. The Labute approximate surface area is 206 Å². The number of benzene rings is 2. The molecule has 0 aliphatic rings. The molecule has 7 nitrogen and oxygen atoms in total. The summed E-state index contributed by atoms with van der Waals surface area (Å²) in [6.45, 7) is 4.41. The van der Waals surface area contributed by atoms with Gasteiger partial charge in [0.1, 0.15) is 5.56 Å². The number of hydrogen-bond donors (Lipinski definition) is 1. The fourth-order valence-electron chi connectivity index (χ4n) is 3.72. The van der Waals surface area contributed by atoms with E-state index in [2.05, 4.69) is 20.5 Å². The summed E-state index contributed by atoms with van der Waals surface area (Å²) in [5.41, 5.74) is 5.60. The van der Waals surface area contributed by atoms with Gasteiger partial charge in [0.05, 0.1) is 18.4 Å². The smallest absolute Gasteiger partial charge is 0.262 e. The molecule has 170 valence electrons. The number of aromatic nitrogens is 5. The first-order chi connectivity index (χ1) is 16.4. The lowest BCUT2D eigenvalue weighted by Crippen LogP contribution is -2.13. The summed E-state index contributed by atoms with van der Waals surface area (Å²) >= 11 is 12.3. The van der Waals surface area contributed by atoms with Crippen LogP contribution in [-0.2, 0) is 6.54 Å². The number of carbonyl (C=O) groups is 1. The van der Waals surface area contributed by atoms with Crippen molar-refractivity contribution in [1.82, 2.24) is 24.4 Å². The van der Waals surface area contributed by atoms with Crippen LogP contribution in [0, 0.1) is 13.8 Å². The van der Waals surface area contributed by atoms with Crippen molar-refractivity contribution in [3.8, 4) is 11.3 Å². The van der Waals surface area contributed by atoms with E-state index >= 15 is 0 Å². The molecule has 0 aliphatic heterocycles. The first-order valence-corrected chi connectivity index (χ1v) is 11.3. The van der Waals surface area contributed by atoms with Gasteiger partial charge in [-0.15, -0.1) is 0 Å². The maximum Gasteiger partial charge on any atom is 0.262 e. The van der Waals surface area contributed by atoms with Crippen LogP contribution in [-0.4, -0.2) is 30.3 Å². The highest BCUT2D eigenvalue weighted by atomic mass is 35.5. The Hall–Kier alpha value is -3.68. The molecule has 1 N–H and O–H groups in total. The molecule has 0 bridgehead atoms. The van der Waals surface area contributed by atoms with Crippen molar-refractivity contribution in [1.29, 1.82) is 0 Å². The summed E-state index contributed by atoms with van der Waals surface area (Å²) in [6, 6.07) is 17.1. The third-order valence-electron chi connectivity index (χ3n) is 5.55. The monoisotopic (exact) mass is 490 g/mol. The standard InChI is InChI=1S/C25H20Cl2N6O/c1-15-3-5-17(6-4-15)22-9-10-28-24-20(13-29-33(22)24)25(34)30-23-11-16(2)32(31-23)14-18-7-8-19(26)12-21(18)27/h3-13H,14H2,1-2H3,(H,30,31,34). The zero-order chi connectivity index (χ0) is 23.8. The van der Waals surface area contributed by atoms with Crippen molar-refractivity contribution in [2.45, 2.75) is 20.4 Å². The van der Waals surface area contributed by atoms with Gasteiger partial charge in [0.25, 0.3) is 5.91 Å². The quantitative estimate of drug-likeness (QED) is 0.336. The number of hydrogen-bond acceptors (Lipinski definition) is 4. The van der Waals surface area contributed by atoms with Gasteiger partial charge >= 0.3 is 0 Å². The van der Waals surface area contributed by atoms with Crippen LogP contribution >= 0.6 is 23.2 Å². The van der Waals surface area contributed by atoms with Gasteiger partial charge in [-0.05, 0) is 37.6 Å². The molecular weight excluding hydrogens is 471 g/mol. The molecule has 0 saturated carbocycles. The van der Waals surface area contributed by atoms with E-state index in [-0.39, 0.29) is 5.91 Å². The average molecular weight is 491 g/mol. The number of carbonyl (C=O) groups excluding carboxylic acids is 1. The topological polar surface area (TPSA) is 77.1 Å². The Morgan fingerprint density at radius 2 is 1.82 bits per heavy atom. The zero-order valence-electron chi connectivity index (χ0n) is 18.5. The number of nitrogens with one attached hydrogen (secondary N) is 1. The lowest BCUT2D eigenvalue weighted by Gasteiger charge is -2.07. The van der Waals surface area contributed by atoms with Crippen LogP contribution in [0.2, 0.25) is 10.0 Å². The molecule has 2 aromatic carbocycles. The number of rotatable bonds is 5. The van der Waals surface area contributed by atoms with Crippen LogP contribution in [0.4, 0.5) is 5.82 Å². The minimum Gasteiger partial charge on any atom is -0.305 e. The zero-order valence-corrected chi connectivity index (χ0v) is 20.0. The summed E-state index contributed by atoms with van der Waals surface area (Å²) in [5.74, 6) is 0.0966. The van der Waals surface area contributed by atoms with E-state index in [1.54, 1.807) is 33.6 Å². The minimum atomic E-state index is -0.335. The highest BCUT2D eigenvalue weighted by molar-refractivity contribution is 6.35. The Bertz CT molecular complexity index is 1520. The normalized spacial score (nSPS) is 11.2. The highest BCUT2D eigenvalue weighted by Crippen LogP contribution is 2.24. The van der Waals surface area contributed by atoms with Crippen molar-refractivity contribution in [2.24, 2.45) is 0 Å². The van der Waals surface area contributed by atoms with E-state index in [1.165, 1.54) is 11.8 Å². The van der Waals surface area contributed by atoms with E-state index in [0.717, 1.165) is 22.5 Å². The number of anilines is 1. The van der Waals surface area contributed by atoms with Crippen LogP contribution in [0.5, 0.6) is 0 Å². The van der Waals surface area contributed by atoms with Crippen LogP contribution in [0.15, 0.2) is 67.0 Å². The summed E-state index contributed by atoms with van der Waals surface area (Å²) in [4.78, 5) is 17.5. The van der Waals surface area contributed by atoms with Crippen molar-refractivity contribution in [3.63, 3.8) is 0 Å². The van der Waals surface area contributed by atoms with Gasteiger partial charge in [0, 0.05) is 33.6 Å². The van der Waals surface area contributed by atoms with E-state index in [9.17, 15) is 4.79 Å². The molecule has 0 spiro atoms. The van der Waals surface area contributed by atoms with Crippen LogP contribution in [0.1, 0.15) is 27.2 Å². The van der Waals surface area contributed by atoms with Gasteiger partial charge in [0.2, 0.25) is 0 Å². The fourth-order valence-corrected chi connectivity index (χ4v) is 4.19. The second-order valence-electron chi connectivity index (χ2n) is 8.01. The molecule has 0 radical (unpaired) electrons. The summed E-state index contributed by atoms with van der Waals surface area (Å²) in [5, 5.41) is 12.9. The van der Waals surface area contributed by atoms with Gasteiger partial charge in [-0.25, -0.2) is 9.50 Å². The summed E-state index contributed by atoms with van der Waals surface area (Å²) < 4.78 is 3.44. The molecule has 3 aromatic heterocycles. The SMILES string of the molecule is Cc1ccc(-c2ccnc3c(C(=O)Nc4cc(C)n(Cc5ccc(Cl)cc5Cl)n4)cnn23)cc1. The third-order valence-corrected chi connectivity index (χ3v) is 6.14. The first-order valence-electron chi connectivity index (χ1n) is 10.6. The lowest BCUT2D eigenvalue weighted by molar-refractivity contribution is 0.102. The first kappa shape index (κ1) is 22.1. The Balaban J connectivity index is 1.40. The van der Waals surface area contributed by atoms with E-state index < -0.39 is 0 Å². The van der Waals surface area contributed by atoms with E-state index in [1.807, 2.05) is 50.2 Å². The Kier molecular flexibility index (Phi) is 5.81. The third kappa shape index (κ3) is 4.27. The molecule has 0 fully saturated rings. The van der Waals surface area contributed by atoms with Crippen LogP contribution in [0.3, 0.4) is 0 Å². The van der Waals surface area contributed by atoms with Gasteiger partial charge in [0.15, 0.2) is 11.5 Å². The van der Waals surface area contributed by atoms with Crippen LogP contribution in [0.25, 0.3) is 16.9 Å². The van der Waals surface area contributed by atoms with Crippen molar-refractivity contribution in [3.05, 3.63) is 99.4 Å². The summed E-state index contributed by atoms with van der Waals surface area (Å²) in [7, 11) is 0. The summed E-state index contributed by atoms with van der Waals surface area (Å²) in [6.07, 6.45) is 3.20.